The van der Waals surface area contributed by atoms with Crippen LogP contribution in [-0.2, 0) is 4.79 Å². The molecule has 3 rings (SSSR count). The van der Waals surface area contributed by atoms with Crippen molar-refractivity contribution < 1.29 is 9.72 Å². The lowest BCUT2D eigenvalue weighted by Gasteiger charge is -2.06. The monoisotopic (exact) mass is 480 g/mol. The number of nitrogens with zero attached hydrogens (tertiary/aromatic N) is 5. The zero-order valence-electron chi connectivity index (χ0n) is 15.5. The number of benzene rings is 2. The molecular weight excluding hydrogens is 467 g/mol. The molecule has 0 saturated heterocycles. The van der Waals surface area contributed by atoms with Crippen LogP contribution in [0.3, 0.4) is 0 Å². The normalized spacial score (nSPS) is 10.9. The average Bonchev–Trinajstić information content (AvgIpc) is 3.05. The first-order valence-electron chi connectivity index (χ1n) is 8.44. The lowest BCUT2D eigenvalue weighted by Crippen LogP contribution is -2.16. The van der Waals surface area contributed by atoms with E-state index < -0.39 is 4.92 Å². The third-order valence-corrected chi connectivity index (χ3v) is 4.98. The van der Waals surface area contributed by atoms with Crippen LogP contribution >= 0.6 is 35.0 Å². The molecule has 0 aliphatic rings. The van der Waals surface area contributed by atoms with Crippen molar-refractivity contribution in [2.75, 3.05) is 22.3 Å². The Bertz CT molecular complexity index is 1130. The first kappa shape index (κ1) is 22.3. The number of nitrogen functional groups attached to an aromatic ring is 1. The second kappa shape index (κ2) is 10.1. The van der Waals surface area contributed by atoms with Gasteiger partial charge in [-0.1, -0.05) is 47.1 Å². The zero-order chi connectivity index (χ0) is 22.4. The van der Waals surface area contributed by atoms with E-state index >= 15 is 0 Å². The molecule has 0 saturated carbocycles. The Labute approximate surface area is 189 Å². The molecule has 31 heavy (non-hydrogen) atoms. The number of hydrogen-bond donors (Lipinski definition) is 3. The molecule has 1 aromatic heterocycles. The van der Waals surface area contributed by atoms with Gasteiger partial charge in [0.05, 0.1) is 16.9 Å². The number of nitrogens with two attached hydrogens (primary N) is 1. The molecule has 0 spiro atoms. The maximum atomic E-state index is 12.1. The number of nitro benzene ring substituents is 1. The van der Waals surface area contributed by atoms with E-state index in [1.54, 1.807) is 30.3 Å². The van der Waals surface area contributed by atoms with Crippen LogP contribution in [0.25, 0.3) is 0 Å². The summed E-state index contributed by atoms with van der Waals surface area (Å²) in [6.07, 6.45) is 1.37. The van der Waals surface area contributed by atoms with Crippen LogP contribution in [0.15, 0.2) is 52.7 Å². The second-order valence-electron chi connectivity index (χ2n) is 5.89. The minimum absolute atomic E-state index is 0.0103. The fraction of sp³-hybridized carbons (Fsp3) is 0.0588. The number of halogens is 2. The predicted octanol–water partition coefficient (Wildman–Crippen LogP) is 3.38. The van der Waals surface area contributed by atoms with Crippen molar-refractivity contribution in [1.29, 1.82) is 0 Å². The van der Waals surface area contributed by atoms with Crippen LogP contribution in [0.5, 0.6) is 0 Å². The van der Waals surface area contributed by atoms with Crippen LogP contribution in [0.4, 0.5) is 17.3 Å². The smallest absolute Gasteiger partial charge is 0.270 e. The van der Waals surface area contributed by atoms with Crippen LogP contribution in [0.1, 0.15) is 5.56 Å². The summed E-state index contributed by atoms with van der Waals surface area (Å²) < 4.78 is 1.12. The SMILES string of the molecule is Nn1c(N/N=C/c2cccc([N+](=O)[O-])c2)nnc1SCC(=O)Nc1cc(Cl)cc(Cl)c1. The maximum Gasteiger partial charge on any atom is 0.270 e. The van der Waals surface area contributed by atoms with Crippen molar-refractivity contribution in [2.24, 2.45) is 5.10 Å². The summed E-state index contributed by atoms with van der Waals surface area (Å²) in [5.74, 6) is 5.72. The highest BCUT2D eigenvalue weighted by molar-refractivity contribution is 7.99. The van der Waals surface area contributed by atoms with Gasteiger partial charge in [0.2, 0.25) is 11.1 Å². The van der Waals surface area contributed by atoms with Gasteiger partial charge >= 0.3 is 0 Å². The Morgan fingerprint density at radius 2 is 2.00 bits per heavy atom. The molecule has 0 bridgehead atoms. The Morgan fingerprint density at radius 1 is 1.26 bits per heavy atom. The molecule has 2 aromatic carbocycles. The summed E-state index contributed by atoms with van der Waals surface area (Å²) in [5.41, 5.74) is 3.52. The summed E-state index contributed by atoms with van der Waals surface area (Å²) >= 11 is 12.9. The van der Waals surface area contributed by atoms with Crippen LogP contribution < -0.4 is 16.6 Å². The predicted molar refractivity (Wildman–Crippen MR) is 120 cm³/mol. The molecule has 1 heterocycles. The van der Waals surface area contributed by atoms with E-state index in [-0.39, 0.29) is 28.5 Å². The lowest BCUT2D eigenvalue weighted by atomic mass is 10.2. The van der Waals surface area contributed by atoms with E-state index in [1.165, 1.54) is 18.3 Å². The van der Waals surface area contributed by atoms with Gasteiger partial charge < -0.3 is 11.2 Å². The zero-order valence-corrected chi connectivity index (χ0v) is 17.9. The van der Waals surface area contributed by atoms with Gasteiger partial charge in [-0.25, -0.2) is 10.1 Å². The fourth-order valence-corrected chi connectivity index (χ4v) is 3.47. The summed E-state index contributed by atoms with van der Waals surface area (Å²) in [6, 6.07) is 10.6. The molecule has 3 aromatic rings. The van der Waals surface area contributed by atoms with Crippen LogP contribution in [0, 0.1) is 10.1 Å². The summed E-state index contributed by atoms with van der Waals surface area (Å²) in [6.45, 7) is 0. The highest BCUT2D eigenvalue weighted by Gasteiger charge is 2.12. The second-order valence-corrected chi connectivity index (χ2v) is 7.71. The van der Waals surface area contributed by atoms with Crippen molar-refractivity contribution in [1.82, 2.24) is 14.9 Å². The largest absolute Gasteiger partial charge is 0.334 e. The third-order valence-electron chi connectivity index (χ3n) is 3.60. The quantitative estimate of drug-likeness (QED) is 0.146. The standard InChI is InChI=1S/C17H14Cl2N8O3S/c18-11-5-12(19)7-13(6-11)22-15(28)9-31-17-25-24-16(26(17)20)23-21-8-10-2-1-3-14(4-10)27(29)30/h1-8H,9,20H2,(H,22,28)(H,23,24)/b21-8+. The van der Waals surface area contributed by atoms with E-state index in [0.29, 0.717) is 21.3 Å². The topological polar surface area (TPSA) is 153 Å². The maximum absolute atomic E-state index is 12.1. The van der Waals surface area contributed by atoms with E-state index in [9.17, 15) is 14.9 Å². The molecule has 14 heteroatoms. The van der Waals surface area contributed by atoms with Crippen LogP contribution in [0.2, 0.25) is 10.0 Å². The van der Waals surface area contributed by atoms with Gasteiger partial charge in [-0.3, -0.25) is 14.9 Å². The van der Waals surface area contributed by atoms with Crippen molar-refractivity contribution >= 4 is 64.4 Å². The highest BCUT2D eigenvalue weighted by atomic mass is 35.5. The molecule has 0 unspecified atom stereocenters. The van der Waals surface area contributed by atoms with E-state index in [4.69, 9.17) is 29.0 Å². The Balaban J connectivity index is 1.55. The number of hydrazone groups is 1. The summed E-state index contributed by atoms with van der Waals surface area (Å²) in [5, 5.41) is 26.2. The lowest BCUT2D eigenvalue weighted by molar-refractivity contribution is -0.384. The fourth-order valence-electron chi connectivity index (χ4n) is 2.29. The molecule has 0 aliphatic heterocycles. The number of anilines is 2. The summed E-state index contributed by atoms with van der Waals surface area (Å²) in [4.78, 5) is 22.4. The molecular formula is C17H14Cl2N8O3S. The molecule has 0 atom stereocenters. The minimum Gasteiger partial charge on any atom is -0.334 e. The molecule has 0 fully saturated rings. The number of rotatable bonds is 8. The summed E-state index contributed by atoms with van der Waals surface area (Å²) in [7, 11) is 0. The number of aromatic nitrogens is 3. The molecule has 11 nitrogen and oxygen atoms in total. The van der Waals surface area contributed by atoms with E-state index in [1.807, 2.05) is 0 Å². The van der Waals surface area contributed by atoms with Gasteiger partial charge in [0, 0.05) is 33.4 Å². The highest BCUT2D eigenvalue weighted by Crippen LogP contribution is 2.23. The first-order valence-corrected chi connectivity index (χ1v) is 10.2. The number of non-ortho nitro benzene ring substituents is 1. The average molecular weight is 481 g/mol. The number of amides is 1. The molecule has 160 valence electrons. The number of nitro groups is 1. The molecule has 1 amide bonds. The van der Waals surface area contributed by atoms with Gasteiger partial charge in [0.15, 0.2) is 0 Å². The van der Waals surface area contributed by atoms with Crippen molar-refractivity contribution in [2.45, 2.75) is 5.16 Å². The number of thioether (sulfide) groups is 1. The minimum atomic E-state index is -0.498. The van der Waals surface area contributed by atoms with Crippen LogP contribution in [-0.4, -0.2) is 37.7 Å². The van der Waals surface area contributed by atoms with Gasteiger partial charge in [-0.05, 0) is 18.2 Å². The van der Waals surface area contributed by atoms with Gasteiger partial charge in [0.1, 0.15) is 0 Å². The van der Waals surface area contributed by atoms with E-state index in [2.05, 4.69) is 26.0 Å². The van der Waals surface area contributed by atoms with Gasteiger partial charge in [0.25, 0.3) is 11.6 Å². The number of carbonyl (C=O) groups excluding carboxylic acids is 1. The van der Waals surface area contributed by atoms with Gasteiger partial charge in [-0.15, -0.1) is 10.2 Å². The molecule has 4 N–H and O–H groups in total. The number of nitrogens with one attached hydrogen (secondary N) is 2. The number of carbonyl (C=O) groups is 1. The molecule has 0 radical (unpaired) electrons. The van der Waals surface area contributed by atoms with Crippen molar-refractivity contribution in [3.05, 3.63) is 68.2 Å². The van der Waals surface area contributed by atoms with E-state index in [0.717, 1.165) is 16.4 Å². The molecule has 0 aliphatic carbocycles. The Morgan fingerprint density at radius 3 is 2.71 bits per heavy atom. The van der Waals surface area contributed by atoms with Crippen molar-refractivity contribution in [3.63, 3.8) is 0 Å². The Kier molecular flexibility index (Phi) is 7.28. The van der Waals surface area contributed by atoms with Crippen molar-refractivity contribution in [3.8, 4) is 0 Å². The Hall–Kier alpha value is -3.35. The van der Waals surface area contributed by atoms with Gasteiger partial charge in [-0.2, -0.15) is 5.10 Å². The first-order chi connectivity index (χ1) is 14.8. The third kappa shape index (κ3) is 6.31. The number of hydrogen-bond acceptors (Lipinski definition) is 9.